The molecule has 0 bridgehead atoms. The number of aromatic nitrogens is 2. The van der Waals surface area contributed by atoms with Gasteiger partial charge in [-0.3, -0.25) is 0 Å². The van der Waals surface area contributed by atoms with Crippen molar-refractivity contribution in [3.8, 4) is 22.8 Å². The molecule has 1 unspecified atom stereocenters. The maximum absolute atomic E-state index is 11.9. The van der Waals surface area contributed by atoms with Gasteiger partial charge in [-0.1, -0.05) is 0 Å². The maximum Gasteiger partial charge on any atom is 0.253 e. The number of methoxy groups -OCH3 is 1. The van der Waals surface area contributed by atoms with Gasteiger partial charge in [0.25, 0.3) is 10.0 Å². The van der Waals surface area contributed by atoms with E-state index in [9.17, 15) is 8.42 Å². The summed E-state index contributed by atoms with van der Waals surface area (Å²) >= 11 is 0. The normalized spacial score (nSPS) is 17.8. The maximum atomic E-state index is 11.9. The fraction of sp³-hybridized carbons (Fsp3) is 0.438. The van der Waals surface area contributed by atoms with Gasteiger partial charge in [0, 0.05) is 18.2 Å². The number of rotatable bonds is 6. The van der Waals surface area contributed by atoms with Crippen LogP contribution in [0.4, 0.5) is 0 Å². The molecular weight excluding hydrogens is 332 g/mol. The van der Waals surface area contributed by atoms with Gasteiger partial charge in [-0.15, -0.1) is 0 Å². The summed E-state index contributed by atoms with van der Waals surface area (Å²) < 4.78 is 41.4. The molecule has 0 amide bonds. The van der Waals surface area contributed by atoms with Gasteiger partial charge >= 0.3 is 0 Å². The van der Waals surface area contributed by atoms with Crippen LogP contribution in [0.3, 0.4) is 0 Å². The largest absolute Gasteiger partial charge is 0.493 e. The van der Waals surface area contributed by atoms with Crippen LogP contribution in [-0.4, -0.2) is 43.4 Å². The summed E-state index contributed by atoms with van der Waals surface area (Å²) in [4.78, 5) is 0. The van der Waals surface area contributed by atoms with Crippen LogP contribution in [0.15, 0.2) is 30.5 Å². The molecule has 130 valence electrons. The van der Waals surface area contributed by atoms with Gasteiger partial charge in [0.2, 0.25) is 0 Å². The lowest BCUT2D eigenvalue weighted by Crippen LogP contribution is -2.15. The van der Waals surface area contributed by atoms with Crippen molar-refractivity contribution < 1.29 is 22.6 Å². The summed E-state index contributed by atoms with van der Waals surface area (Å²) in [5.41, 5.74) is 1.29. The highest BCUT2D eigenvalue weighted by atomic mass is 32.2. The monoisotopic (exact) mass is 352 g/mol. The Morgan fingerprint density at radius 1 is 1.33 bits per heavy atom. The molecule has 3 rings (SSSR count). The zero-order chi connectivity index (χ0) is 17.2. The van der Waals surface area contributed by atoms with Crippen LogP contribution in [-0.2, 0) is 14.8 Å². The van der Waals surface area contributed by atoms with Crippen LogP contribution in [0.5, 0.6) is 11.5 Å². The van der Waals surface area contributed by atoms with E-state index < -0.39 is 10.0 Å². The molecule has 0 aliphatic carbocycles. The van der Waals surface area contributed by atoms with Gasteiger partial charge in [0.15, 0.2) is 17.8 Å². The highest BCUT2D eigenvalue weighted by Crippen LogP contribution is 2.34. The van der Waals surface area contributed by atoms with Crippen molar-refractivity contribution in [3.63, 3.8) is 0 Å². The molecule has 0 radical (unpaired) electrons. The molecule has 0 spiro atoms. The van der Waals surface area contributed by atoms with E-state index in [1.165, 1.54) is 6.20 Å². The highest BCUT2D eigenvalue weighted by Gasteiger charge is 2.20. The molecule has 1 aliphatic rings. The fourth-order valence-electron chi connectivity index (χ4n) is 2.46. The van der Waals surface area contributed by atoms with Gasteiger partial charge < -0.3 is 14.2 Å². The second kappa shape index (κ2) is 6.82. The average molecular weight is 352 g/mol. The quantitative estimate of drug-likeness (QED) is 0.793. The summed E-state index contributed by atoms with van der Waals surface area (Å²) in [7, 11) is -1.83. The summed E-state index contributed by atoms with van der Waals surface area (Å²) in [6, 6.07) is 7.02. The van der Waals surface area contributed by atoms with E-state index in [4.69, 9.17) is 14.2 Å². The molecule has 1 aromatic carbocycles. The van der Waals surface area contributed by atoms with E-state index in [0.717, 1.165) is 22.5 Å². The van der Waals surface area contributed by atoms with E-state index in [0.29, 0.717) is 23.8 Å². The SMILES string of the molecule is CCS(=O)(=O)n1ccc(-c2ccc(OC)c(OC3CCCO3)c2)n1. The summed E-state index contributed by atoms with van der Waals surface area (Å²) in [6.45, 7) is 2.27. The van der Waals surface area contributed by atoms with Crippen molar-refractivity contribution in [2.75, 3.05) is 19.5 Å². The summed E-state index contributed by atoms with van der Waals surface area (Å²) in [6.07, 6.45) is 2.95. The predicted molar refractivity (Wildman–Crippen MR) is 88.7 cm³/mol. The van der Waals surface area contributed by atoms with Crippen LogP contribution in [0, 0.1) is 0 Å². The topological polar surface area (TPSA) is 79.7 Å². The molecule has 7 nitrogen and oxygen atoms in total. The third kappa shape index (κ3) is 3.39. The third-order valence-electron chi connectivity index (χ3n) is 3.82. The first-order valence-electron chi connectivity index (χ1n) is 7.79. The van der Waals surface area contributed by atoms with E-state index in [1.807, 2.05) is 6.07 Å². The van der Waals surface area contributed by atoms with Gasteiger partial charge in [-0.2, -0.15) is 9.19 Å². The first kappa shape index (κ1) is 16.8. The van der Waals surface area contributed by atoms with Crippen molar-refractivity contribution in [2.45, 2.75) is 26.1 Å². The lowest BCUT2D eigenvalue weighted by Gasteiger charge is -2.16. The fourth-order valence-corrected chi connectivity index (χ4v) is 3.18. The first-order chi connectivity index (χ1) is 11.5. The molecule has 0 saturated carbocycles. The van der Waals surface area contributed by atoms with Gasteiger partial charge in [-0.05, 0) is 37.6 Å². The van der Waals surface area contributed by atoms with Crippen LogP contribution < -0.4 is 9.47 Å². The van der Waals surface area contributed by atoms with Crippen molar-refractivity contribution in [1.82, 2.24) is 9.19 Å². The Morgan fingerprint density at radius 3 is 2.83 bits per heavy atom. The number of ether oxygens (including phenoxy) is 3. The minimum absolute atomic E-state index is 0.00981. The molecule has 0 N–H and O–H groups in total. The Labute approximate surface area is 141 Å². The van der Waals surface area contributed by atoms with Crippen molar-refractivity contribution in [1.29, 1.82) is 0 Å². The Morgan fingerprint density at radius 2 is 2.17 bits per heavy atom. The second-order valence-electron chi connectivity index (χ2n) is 5.40. The average Bonchev–Trinajstić information content (AvgIpc) is 3.26. The lowest BCUT2D eigenvalue weighted by atomic mass is 10.1. The molecule has 1 saturated heterocycles. The van der Waals surface area contributed by atoms with Gasteiger partial charge in [-0.25, -0.2) is 8.42 Å². The minimum atomic E-state index is -3.40. The first-order valence-corrected chi connectivity index (χ1v) is 9.40. The van der Waals surface area contributed by atoms with E-state index in [-0.39, 0.29) is 12.0 Å². The van der Waals surface area contributed by atoms with Gasteiger partial charge in [0.1, 0.15) is 0 Å². The van der Waals surface area contributed by atoms with Crippen LogP contribution in [0.2, 0.25) is 0 Å². The number of hydrogen-bond acceptors (Lipinski definition) is 6. The van der Waals surface area contributed by atoms with Gasteiger partial charge in [0.05, 0.1) is 25.2 Å². The number of hydrogen-bond donors (Lipinski definition) is 0. The summed E-state index contributed by atoms with van der Waals surface area (Å²) in [5, 5.41) is 4.15. The smallest absolute Gasteiger partial charge is 0.253 e. The molecule has 1 atom stereocenters. The third-order valence-corrected chi connectivity index (χ3v) is 5.32. The molecule has 1 aromatic heterocycles. The standard InChI is InChI=1S/C16H20N2O5S/c1-3-24(19,20)18-9-8-13(17-18)12-6-7-14(21-2)15(11-12)23-16-5-4-10-22-16/h6-9,11,16H,3-5,10H2,1-2H3. The molecule has 1 aliphatic heterocycles. The zero-order valence-electron chi connectivity index (χ0n) is 13.6. The Balaban J connectivity index is 1.91. The predicted octanol–water partition coefficient (Wildman–Crippen LogP) is 2.27. The minimum Gasteiger partial charge on any atom is -0.493 e. The molecule has 2 aromatic rings. The lowest BCUT2D eigenvalue weighted by molar-refractivity contribution is -0.0402. The zero-order valence-corrected chi connectivity index (χ0v) is 14.5. The summed E-state index contributed by atoms with van der Waals surface area (Å²) in [5.74, 6) is 1.13. The highest BCUT2D eigenvalue weighted by molar-refractivity contribution is 7.89. The Bertz CT molecular complexity index is 810. The molecule has 1 fully saturated rings. The number of nitrogens with zero attached hydrogens (tertiary/aromatic N) is 2. The van der Waals surface area contributed by atoms with E-state index >= 15 is 0 Å². The second-order valence-corrected chi connectivity index (χ2v) is 7.52. The van der Waals surface area contributed by atoms with E-state index in [1.54, 1.807) is 32.2 Å². The molecular formula is C16H20N2O5S. The Kier molecular flexibility index (Phi) is 4.77. The number of benzene rings is 1. The van der Waals surface area contributed by atoms with Crippen molar-refractivity contribution >= 4 is 10.0 Å². The molecule has 8 heteroatoms. The van der Waals surface area contributed by atoms with Crippen LogP contribution in [0.1, 0.15) is 19.8 Å². The van der Waals surface area contributed by atoms with Crippen LogP contribution >= 0.6 is 0 Å². The van der Waals surface area contributed by atoms with Crippen molar-refractivity contribution in [3.05, 3.63) is 30.5 Å². The Hall–Kier alpha value is -2.06. The molecule has 24 heavy (non-hydrogen) atoms. The van der Waals surface area contributed by atoms with E-state index in [2.05, 4.69) is 5.10 Å². The van der Waals surface area contributed by atoms with Crippen LogP contribution in [0.25, 0.3) is 11.3 Å². The van der Waals surface area contributed by atoms with Crippen molar-refractivity contribution in [2.24, 2.45) is 0 Å². The molecule has 2 heterocycles.